The first-order valence-corrected chi connectivity index (χ1v) is 5.55. The highest BCUT2D eigenvalue weighted by atomic mass is 16.5. The maximum absolute atomic E-state index is 10.2. The second kappa shape index (κ2) is 3.80. The Labute approximate surface area is 86.7 Å². The van der Waals surface area contributed by atoms with Crippen molar-refractivity contribution < 1.29 is 10.3 Å². The van der Waals surface area contributed by atoms with Crippen LogP contribution in [0.5, 0.6) is 0 Å². The molecule has 1 rings (SSSR count). The van der Waals surface area contributed by atoms with E-state index in [1.807, 2.05) is 13.8 Å². The van der Waals surface area contributed by atoms with Gasteiger partial charge in [-0.05, 0) is 39.5 Å². The molecule has 1 aliphatic heterocycles. The van der Waals surface area contributed by atoms with Gasteiger partial charge >= 0.3 is 0 Å². The van der Waals surface area contributed by atoms with E-state index >= 15 is 0 Å². The zero-order valence-corrected chi connectivity index (χ0v) is 9.75. The Hall–Kier alpha value is -0.120. The molecular formula is C11H23NO2. The highest BCUT2D eigenvalue weighted by molar-refractivity contribution is 4.99. The number of piperidine rings is 1. The van der Waals surface area contributed by atoms with Crippen LogP contribution in [-0.2, 0) is 0 Å². The Morgan fingerprint density at radius 1 is 1.21 bits per heavy atom. The maximum atomic E-state index is 10.2. The molecule has 0 aromatic rings. The summed E-state index contributed by atoms with van der Waals surface area (Å²) in [6, 6.07) is 0. The van der Waals surface area contributed by atoms with Gasteiger partial charge in [-0.2, -0.15) is 5.06 Å². The van der Waals surface area contributed by atoms with Gasteiger partial charge in [-0.25, -0.2) is 0 Å². The maximum Gasteiger partial charge on any atom is 0.0577 e. The van der Waals surface area contributed by atoms with E-state index in [4.69, 9.17) is 0 Å². The lowest BCUT2D eigenvalue weighted by molar-refractivity contribution is -0.269. The Balaban J connectivity index is 2.94. The van der Waals surface area contributed by atoms with Crippen molar-refractivity contribution in [1.29, 1.82) is 0 Å². The van der Waals surface area contributed by atoms with Crippen molar-refractivity contribution in [3.05, 3.63) is 0 Å². The average Bonchev–Trinajstić information content (AvgIpc) is 2.11. The summed E-state index contributed by atoms with van der Waals surface area (Å²) in [6.45, 7) is 8.10. The SMILES string of the molecule is CCC1(CC)CC(O)CC(C)(C)N1O. The summed E-state index contributed by atoms with van der Waals surface area (Å²) in [7, 11) is 0. The molecule has 0 aromatic heterocycles. The van der Waals surface area contributed by atoms with Gasteiger partial charge in [-0.1, -0.05) is 13.8 Å². The molecule has 1 atom stereocenters. The highest BCUT2D eigenvalue weighted by Crippen LogP contribution is 2.40. The van der Waals surface area contributed by atoms with Gasteiger partial charge < -0.3 is 10.3 Å². The molecule has 0 spiro atoms. The summed E-state index contributed by atoms with van der Waals surface area (Å²) in [6.07, 6.45) is 2.79. The Morgan fingerprint density at radius 3 is 2.14 bits per heavy atom. The molecule has 84 valence electrons. The van der Waals surface area contributed by atoms with Crippen LogP contribution >= 0.6 is 0 Å². The van der Waals surface area contributed by atoms with Crippen LogP contribution in [0.3, 0.4) is 0 Å². The molecule has 3 nitrogen and oxygen atoms in total. The molecule has 1 unspecified atom stereocenters. The van der Waals surface area contributed by atoms with E-state index < -0.39 is 0 Å². The molecular weight excluding hydrogens is 178 g/mol. The third-order valence-corrected chi connectivity index (χ3v) is 3.69. The number of aliphatic hydroxyl groups excluding tert-OH is 1. The van der Waals surface area contributed by atoms with E-state index in [1.54, 1.807) is 0 Å². The first kappa shape index (κ1) is 12.0. The lowest BCUT2D eigenvalue weighted by Crippen LogP contribution is -2.62. The Bertz CT molecular complexity index is 199. The summed E-state index contributed by atoms with van der Waals surface area (Å²) < 4.78 is 0. The molecule has 2 N–H and O–H groups in total. The summed E-state index contributed by atoms with van der Waals surface area (Å²) in [5.74, 6) is 0. The smallest absolute Gasteiger partial charge is 0.0577 e. The number of rotatable bonds is 2. The topological polar surface area (TPSA) is 43.7 Å². The van der Waals surface area contributed by atoms with E-state index in [0.29, 0.717) is 12.8 Å². The lowest BCUT2D eigenvalue weighted by Gasteiger charge is -2.53. The van der Waals surface area contributed by atoms with Crippen molar-refractivity contribution in [3.63, 3.8) is 0 Å². The van der Waals surface area contributed by atoms with Gasteiger partial charge in [0, 0.05) is 11.1 Å². The fraction of sp³-hybridized carbons (Fsp3) is 1.00. The van der Waals surface area contributed by atoms with Crippen LogP contribution in [0.25, 0.3) is 0 Å². The number of hydrogen-bond acceptors (Lipinski definition) is 3. The molecule has 0 bridgehead atoms. The molecule has 0 aliphatic carbocycles. The highest BCUT2D eigenvalue weighted by Gasteiger charge is 2.47. The Kier molecular flexibility index (Phi) is 3.24. The van der Waals surface area contributed by atoms with Crippen molar-refractivity contribution >= 4 is 0 Å². The average molecular weight is 201 g/mol. The zero-order chi connectivity index (χ0) is 11.0. The zero-order valence-electron chi connectivity index (χ0n) is 9.75. The second-order valence-corrected chi connectivity index (χ2v) is 5.12. The molecule has 1 heterocycles. The second-order valence-electron chi connectivity index (χ2n) is 5.12. The third kappa shape index (κ3) is 1.81. The molecule has 0 amide bonds. The normalized spacial score (nSPS) is 31.7. The quantitative estimate of drug-likeness (QED) is 0.719. The standard InChI is InChI=1S/C11H23NO2/c1-5-11(6-2)8-9(13)7-10(3,4)12(11)14/h9,13-14H,5-8H2,1-4H3. The minimum atomic E-state index is -0.316. The minimum absolute atomic E-state index is 0.235. The molecule has 0 aromatic carbocycles. The number of hydrogen-bond donors (Lipinski definition) is 2. The van der Waals surface area contributed by atoms with Crippen LogP contribution in [0.15, 0.2) is 0 Å². The lowest BCUT2D eigenvalue weighted by atomic mass is 9.75. The van der Waals surface area contributed by atoms with Gasteiger partial charge in [-0.3, -0.25) is 0 Å². The molecule has 1 aliphatic rings. The summed E-state index contributed by atoms with van der Waals surface area (Å²) in [4.78, 5) is 0. The van der Waals surface area contributed by atoms with E-state index in [-0.39, 0.29) is 17.2 Å². The fourth-order valence-electron chi connectivity index (χ4n) is 2.74. The molecule has 0 saturated carbocycles. The first-order valence-electron chi connectivity index (χ1n) is 5.55. The van der Waals surface area contributed by atoms with Crippen molar-refractivity contribution in [1.82, 2.24) is 5.06 Å². The fourth-order valence-corrected chi connectivity index (χ4v) is 2.74. The van der Waals surface area contributed by atoms with Gasteiger partial charge in [0.1, 0.15) is 0 Å². The molecule has 14 heavy (non-hydrogen) atoms. The predicted molar refractivity (Wildman–Crippen MR) is 56.3 cm³/mol. The molecule has 0 radical (unpaired) electrons. The van der Waals surface area contributed by atoms with E-state index in [9.17, 15) is 10.3 Å². The van der Waals surface area contributed by atoms with Gasteiger partial charge in [0.05, 0.1) is 6.10 Å². The largest absolute Gasteiger partial charge is 0.393 e. The van der Waals surface area contributed by atoms with Crippen LogP contribution in [0.2, 0.25) is 0 Å². The van der Waals surface area contributed by atoms with Crippen LogP contribution in [0.1, 0.15) is 53.4 Å². The van der Waals surface area contributed by atoms with Gasteiger partial charge in [0.25, 0.3) is 0 Å². The van der Waals surface area contributed by atoms with Crippen LogP contribution in [-0.4, -0.2) is 32.6 Å². The first-order chi connectivity index (χ1) is 6.38. The van der Waals surface area contributed by atoms with Crippen molar-refractivity contribution in [2.24, 2.45) is 0 Å². The van der Waals surface area contributed by atoms with Crippen molar-refractivity contribution in [3.8, 4) is 0 Å². The van der Waals surface area contributed by atoms with Gasteiger partial charge in [-0.15, -0.1) is 0 Å². The number of aliphatic hydroxyl groups is 1. The van der Waals surface area contributed by atoms with Crippen LogP contribution < -0.4 is 0 Å². The Morgan fingerprint density at radius 2 is 1.71 bits per heavy atom. The monoisotopic (exact) mass is 201 g/mol. The van der Waals surface area contributed by atoms with Gasteiger partial charge in [0.15, 0.2) is 0 Å². The van der Waals surface area contributed by atoms with E-state index in [0.717, 1.165) is 12.8 Å². The summed E-state index contributed by atoms with van der Waals surface area (Å²) in [5.41, 5.74) is -0.551. The van der Waals surface area contributed by atoms with Crippen LogP contribution in [0, 0.1) is 0 Å². The predicted octanol–water partition coefficient (Wildman–Crippen LogP) is 2.17. The van der Waals surface area contributed by atoms with E-state index in [2.05, 4.69) is 13.8 Å². The summed E-state index contributed by atoms with van der Waals surface area (Å²) >= 11 is 0. The molecule has 1 saturated heterocycles. The van der Waals surface area contributed by atoms with Crippen LogP contribution in [0.4, 0.5) is 0 Å². The third-order valence-electron chi connectivity index (χ3n) is 3.69. The van der Waals surface area contributed by atoms with Crippen molar-refractivity contribution in [2.75, 3.05) is 0 Å². The van der Waals surface area contributed by atoms with Crippen molar-refractivity contribution in [2.45, 2.75) is 70.6 Å². The number of hydroxylamine groups is 2. The molecule has 1 fully saturated rings. The van der Waals surface area contributed by atoms with Gasteiger partial charge in [0.2, 0.25) is 0 Å². The minimum Gasteiger partial charge on any atom is -0.393 e. The summed E-state index contributed by atoms with van der Waals surface area (Å²) in [5, 5.41) is 21.5. The van der Waals surface area contributed by atoms with E-state index in [1.165, 1.54) is 5.06 Å². The molecule has 3 heteroatoms. The number of nitrogens with zero attached hydrogens (tertiary/aromatic N) is 1.